The van der Waals surface area contributed by atoms with Gasteiger partial charge in [-0.2, -0.15) is 0 Å². The number of rotatable bonds is 2. The lowest BCUT2D eigenvalue weighted by Crippen LogP contribution is -2.40. The molecule has 1 aliphatic carbocycles. The normalized spacial score (nSPS) is 21.7. The maximum absolute atomic E-state index is 12.5. The third kappa shape index (κ3) is 2.89. The van der Waals surface area contributed by atoms with Gasteiger partial charge in [0.1, 0.15) is 11.2 Å². The molecule has 1 saturated carbocycles. The van der Waals surface area contributed by atoms with Gasteiger partial charge < -0.3 is 5.32 Å². The molecule has 0 spiro atoms. The number of carbonyl (C=O) groups is 1. The van der Waals surface area contributed by atoms with Gasteiger partial charge in [-0.05, 0) is 50.2 Å². The summed E-state index contributed by atoms with van der Waals surface area (Å²) in [6.07, 6.45) is 7.30. The van der Waals surface area contributed by atoms with Crippen molar-refractivity contribution in [1.82, 2.24) is 14.7 Å². The first kappa shape index (κ1) is 14.8. The van der Waals surface area contributed by atoms with Crippen LogP contribution in [-0.4, -0.2) is 21.3 Å². The van der Waals surface area contributed by atoms with Crippen molar-refractivity contribution in [2.75, 3.05) is 0 Å². The van der Waals surface area contributed by atoms with E-state index in [1.165, 1.54) is 10.6 Å². The van der Waals surface area contributed by atoms with Crippen molar-refractivity contribution in [3.63, 3.8) is 0 Å². The van der Waals surface area contributed by atoms with Gasteiger partial charge in [-0.25, -0.2) is 4.98 Å². The predicted octanol–water partition coefficient (Wildman–Crippen LogP) is 2.31. The van der Waals surface area contributed by atoms with Crippen LogP contribution in [0.15, 0.2) is 29.3 Å². The van der Waals surface area contributed by atoms with Crippen LogP contribution in [0.2, 0.25) is 0 Å². The van der Waals surface area contributed by atoms with Crippen LogP contribution in [0.25, 0.3) is 5.65 Å². The number of pyridine rings is 1. The highest BCUT2D eigenvalue weighted by Crippen LogP contribution is 2.23. The Kier molecular flexibility index (Phi) is 3.96. The van der Waals surface area contributed by atoms with Gasteiger partial charge in [0.15, 0.2) is 0 Å². The summed E-state index contributed by atoms with van der Waals surface area (Å²) < 4.78 is 1.44. The number of aryl methyl sites for hydroxylation is 1. The van der Waals surface area contributed by atoms with Crippen LogP contribution in [0.3, 0.4) is 0 Å². The average Bonchev–Trinajstić information content (AvgIpc) is 2.50. The summed E-state index contributed by atoms with van der Waals surface area (Å²) in [5.74, 6) is 0.414. The highest BCUT2D eigenvalue weighted by atomic mass is 16.2. The lowest BCUT2D eigenvalue weighted by atomic mass is 9.87. The van der Waals surface area contributed by atoms with Gasteiger partial charge in [0, 0.05) is 18.4 Å². The molecule has 1 aliphatic rings. The number of nitrogens with one attached hydrogen (secondary N) is 1. The highest BCUT2D eigenvalue weighted by Gasteiger charge is 2.22. The molecule has 1 fully saturated rings. The Labute approximate surface area is 129 Å². The van der Waals surface area contributed by atoms with E-state index in [2.05, 4.69) is 17.2 Å². The van der Waals surface area contributed by atoms with Crippen molar-refractivity contribution in [2.45, 2.75) is 45.6 Å². The third-order valence-corrected chi connectivity index (χ3v) is 4.45. The Morgan fingerprint density at radius 2 is 2.00 bits per heavy atom. The zero-order chi connectivity index (χ0) is 15.7. The second-order valence-corrected chi connectivity index (χ2v) is 6.34. The molecule has 22 heavy (non-hydrogen) atoms. The van der Waals surface area contributed by atoms with Gasteiger partial charge in [-0.3, -0.25) is 14.0 Å². The molecule has 0 aliphatic heterocycles. The number of hydrogen-bond acceptors (Lipinski definition) is 3. The molecule has 3 rings (SSSR count). The topological polar surface area (TPSA) is 63.5 Å². The van der Waals surface area contributed by atoms with Crippen LogP contribution < -0.4 is 10.9 Å². The van der Waals surface area contributed by atoms with Gasteiger partial charge in [0.25, 0.3) is 11.5 Å². The standard InChI is InChI=1S/C17H21N3O2/c1-11-3-6-13(7-4-11)19-16(21)14-9-18-15-8-5-12(2)10-20(15)17(14)22/h5,8-11,13H,3-4,6-7H2,1-2H3,(H,19,21). The SMILES string of the molecule is Cc1ccc2ncc(C(=O)NC3CCC(C)CC3)c(=O)n2c1. The first-order valence-electron chi connectivity index (χ1n) is 7.83. The summed E-state index contributed by atoms with van der Waals surface area (Å²) in [6, 6.07) is 3.84. The minimum Gasteiger partial charge on any atom is -0.349 e. The van der Waals surface area contributed by atoms with E-state index in [-0.39, 0.29) is 23.1 Å². The lowest BCUT2D eigenvalue weighted by molar-refractivity contribution is 0.0921. The summed E-state index contributed by atoms with van der Waals surface area (Å²) in [7, 11) is 0. The van der Waals surface area contributed by atoms with Crippen molar-refractivity contribution in [1.29, 1.82) is 0 Å². The number of carbonyl (C=O) groups excluding carboxylic acids is 1. The molecular formula is C17H21N3O2. The Balaban J connectivity index is 1.85. The van der Waals surface area contributed by atoms with E-state index in [1.54, 1.807) is 12.3 Å². The van der Waals surface area contributed by atoms with Crippen LogP contribution >= 0.6 is 0 Å². The monoisotopic (exact) mass is 299 g/mol. The fraction of sp³-hybridized carbons (Fsp3) is 0.471. The number of nitrogens with zero attached hydrogens (tertiary/aromatic N) is 2. The second kappa shape index (κ2) is 5.91. The molecule has 5 nitrogen and oxygen atoms in total. The van der Waals surface area contributed by atoms with E-state index < -0.39 is 0 Å². The van der Waals surface area contributed by atoms with E-state index in [1.807, 2.05) is 13.0 Å². The zero-order valence-electron chi connectivity index (χ0n) is 13.0. The van der Waals surface area contributed by atoms with Gasteiger partial charge in [-0.15, -0.1) is 0 Å². The molecule has 0 atom stereocenters. The molecule has 0 bridgehead atoms. The first-order valence-corrected chi connectivity index (χ1v) is 7.83. The lowest BCUT2D eigenvalue weighted by Gasteiger charge is -2.26. The minimum atomic E-state index is -0.312. The van der Waals surface area contributed by atoms with E-state index in [4.69, 9.17) is 0 Å². The van der Waals surface area contributed by atoms with Crippen LogP contribution in [0, 0.1) is 12.8 Å². The molecule has 5 heteroatoms. The molecule has 0 aromatic carbocycles. The number of fused-ring (bicyclic) bond motifs is 1. The summed E-state index contributed by atoms with van der Waals surface area (Å²) in [6.45, 7) is 4.14. The third-order valence-electron chi connectivity index (χ3n) is 4.45. The van der Waals surface area contributed by atoms with Crippen molar-refractivity contribution in [3.05, 3.63) is 46.0 Å². The van der Waals surface area contributed by atoms with Gasteiger partial charge in [0.05, 0.1) is 0 Å². The summed E-state index contributed by atoms with van der Waals surface area (Å²) >= 11 is 0. The fourth-order valence-corrected chi connectivity index (χ4v) is 3.01. The molecule has 2 aromatic heterocycles. The largest absolute Gasteiger partial charge is 0.349 e. The summed E-state index contributed by atoms with van der Waals surface area (Å²) in [5, 5.41) is 2.98. The molecule has 0 radical (unpaired) electrons. The van der Waals surface area contributed by atoms with E-state index >= 15 is 0 Å². The first-order chi connectivity index (χ1) is 10.5. The van der Waals surface area contributed by atoms with E-state index in [0.717, 1.165) is 37.2 Å². The maximum atomic E-state index is 12.5. The Hall–Kier alpha value is -2.17. The van der Waals surface area contributed by atoms with Crippen molar-refractivity contribution in [2.24, 2.45) is 5.92 Å². The molecule has 2 aromatic rings. The second-order valence-electron chi connectivity index (χ2n) is 6.34. The van der Waals surface area contributed by atoms with E-state index in [0.29, 0.717) is 5.65 Å². The maximum Gasteiger partial charge on any atom is 0.270 e. The smallest absolute Gasteiger partial charge is 0.270 e. The number of aromatic nitrogens is 2. The van der Waals surface area contributed by atoms with Crippen molar-refractivity contribution in [3.8, 4) is 0 Å². The van der Waals surface area contributed by atoms with E-state index in [9.17, 15) is 9.59 Å². The number of amides is 1. The average molecular weight is 299 g/mol. The van der Waals surface area contributed by atoms with Crippen molar-refractivity contribution >= 4 is 11.6 Å². The molecule has 1 amide bonds. The molecule has 0 saturated heterocycles. The van der Waals surface area contributed by atoms with Crippen LogP contribution in [0.5, 0.6) is 0 Å². The van der Waals surface area contributed by atoms with Crippen LogP contribution in [-0.2, 0) is 0 Å². The quantitative estimate of drug-likeness (QED) is 0.925. The van der Waals surface area contributed by atoms with Gasteiger partial charge >= 0.3 is 0 Å². The minimum absolute atomic E-state index is 0.113. The summed E-state index contributed by atoms with van der Waals surface area (Å²) in [5.41, 5.74) is 1.31. The van der Waals surface area contributed by atoms with Gasteiger partial charge in [0.2, 0.25) is 0 Å². The zero-order valence-corrected chi connectivity index (χ0v) is 13.0. The van der Waals surface area contributed by atoms with Gasteiger partial charge in [-0.1, -0.05) is 13.0 Å². The van der Waals surface area contributed by atoms with Crippen LogP contribution in [0.1, 0.15) is 48.5 Å². The van der Waals surface area contributed by atoms with Crippen molar-refractivity contribution < 1.29 is 4.79 Å². The molecular weight excluding hydrogens is 278 g/mol. The number of hydrogen-bond donors (Lipinski definition) is 1. The fourth-order valence-electron chi connectivity index (χ4n) is 3.01. The molecule has 0 unspecified atom stereocenters. The molecule has 116 valence electrons. The predicted molar refractivity (Wildman–Crippen MR) is 85.1 cm³/mol. The molecule has 2 heterocycles. The Morgan fingerprint density at radius 1 is 1.27 bits per heavy atom. The summed E-state index contributed by atoms with van der Waals surface area (Å²) in [4.78, 5) is 29.1. The molecule has 1 N–H and O–H groups in total. The Bertz CT molecular complexity index is 758. The Morgan fingerprint density at radius 3 is 2.73 bits per heavy atom. The van der Waals surface area contributed by atoms with Crippen LogP contribution in [0.4, 0.5) is 0 Å². The highest BCUT2D eigenvalue weighted by molar-refractivity contribution is 5.93.